The largest absolute Gasteiger partial charge is 0.464 e. The van der Waals surface area contributed by atoms with Crippen molar-refractivity contribution in [3.8, 4) is 0 Å². The second-order valence-electron chi connectivity index (χ2n) is 6.68. The lowest BCUT2D eigenvalue weighted by Gasteiger charge is -2.32. The highest BCUT2D eigenvalue weighted by Gasteiger charge is 2.26. The van der Waals surface area contributed by atoms with Gasteiger partial charge in [0.2, 0.25) is 0 Å². The maximum atomic E-state index is 11.9. The molecule has 0 spiro atoms. The van der Waals surface area contributed by atoms with E-state index in [0.29, 0.717) is 25.0 Å². The van der Waals surface area contributed by atoms with Gasteiger partial charge in [-0.1, -0.05) is 26.7 Å². The second-order valence-corrected chi connectivity index (χ2v) is 6.68. The molecule has 0 bridgehead atoms. The third kappa shape index (κ3) is 4.79. The van der Waals surface area contributed by atoms with Crippen LogP contribution in [-0.4, -0.2) is 37.1 Å². The molecule has 1 heterocycles. The summed E-state index contributed by atoms with van der Waals surface area (Å²) in [5, 5.41) is 0. The Morgan fingerprint density at radius 1 is 1.16 bits per heavy atom. The third-order valence-corrected chi connectivity index (χ3v) is 4.87. The Morgan fingerprint density at radius 2 is 1.89 bits per heavy atom. The van der Waals surface area contributed by atoms with Crippen molar-refractivity contribution in [3.63, 3.8) is 0 Å². The van der Waals surface area contributed by atoms with Gasteiger partial charge in [-0.15, -0.1) is 0 Å². The van der Waals surface area contributed by atoms with Crippen LogP contribution in [0.3, 0.4) is 0 Å². The number of ether oxygens (including phenoxy) is 1. The summed E-state index contributed by atoms with van der Waals surface area (Å²) in [4.78, 5) is 14.1. The van der Waals surface area contributed by atoms with Crippen LogP contribution in [0, 0.1) is 17.8 Å². The standard InChI is InChI=1S/C16H29NO2/c1-13-6-7-15(14(2)10-13)12-19-16(18)11-17-8-4-3-5-9-17/h13-15H,3-12H2,1-2H3/t13-,14+,15-/m0/s1. The van der Waals surface area contributed by atoms with Gasteiger partial charge in [-0.2, -0.15) is 0 Å². The van der Waals surface area contributed by atoms with Crippen molar-refractivity contribution < 1.29 is 9.53 Å². The quantitative estimate of drug-likeness (QED) is 0.733. The first kappa shape index (κ1) is 14.8. The van der Waals surface area contributed by atoms with Gasteiger partial charge in [-0.05, 0) is 56.5 Å². The summed E-state index contributed by atoms with van der Waals surface area (Å²) in [6, 6.07) is 0. The van der Waals surface area contributed by atoms with E-state index in [1.807, 2.05) is 0 Å². The zero-order valence-corrected chi connectivity index (χ0v) is 12.6. The zero-order chi connectivity index (χ0) is 13.7. The number of carbonyl (C=O) groups is 1. The molecule has 0 aromatic heterocycles. The summed E-state index contributed by atoms with van der Waals surface area (Å²) in [7, 11) is 0. The van der Waals surface area contributed by atoms with Crippen molar-refractivity contribution in [2.75, 3.05) is 26.2 Å². The summed E-state index contributed by atoms with van der Waals surface area (Å²) in [6.45, 7) is 7.89. The third-order valence-electron chi connectivity index (χ3n) is 4.87. The molecule has 1 saturated heterocycles. The van der Waals surface area contributed by atoms with Crippen LogP contribution in [0.2, 0.25) is 0 Å². The van der Waals surface area contributed by atoms with Crippen molar-refractivity contribution in [1.29, 1.82) is 0 Å². The molecular weight excluding hydrogens is 238 g/mol. The molecule has 1 aliphatic carbocycles. The van der Waals surface area contributed by atoms with Crippen LogP contribution in [0.1, 0.15) is 52.4 Å². The van der Waals surface area contributed by atoms with Crippen molar-refractivity contribution in [2.45, 2.75) is 52.4 Å². The first-order valence-electron chi connectivity index (χ1n) is 8.03. The summed E-state index contributed by atoms with van der Waals surface area (Å²) in [5.74, 6) is 2.11. The zero-order valence-electron chi connectivity index (χ0n) is 12.6. The summed E-state index contributed by atoms with van der Waals surface area (Å²) in [5.41, 5.74) is 0. The van der Waals surface area contributed by atoms with Crippen LogP contribution in [-0.2, 0) is 9.53 Å². The van der Waals surface area contributed by atoms with Gasteiger partial charge in [0, 0.05) is 0 Å². The molecule has 3 nitrogen and oxygen atoms in total. The average Bonchev–Trinajstić information content (AvgIpc) is 2.39. The molecule has 0 N–H and O–H groups in total. The molecule has 3 atom stereocenters. The molecule has 0 aromatic carbocycles. The fraction of sp³-hybridized carbons (Fsp3) is 0.938. The number of piperidine rings is 1. The van der Waals surface area contributed by atoms with E-state index in [4.69, 9.17) is 4.74 Å². The van der Waals surface area contributed by atoms with Gasteiger partial charge < -0.3 is 4.74 Å². The van der Waals surface area contributed by atoms with Gasteiger partial charge >= 0.3 is 5.97 Å². The molecule has 2 aliphatic rings. The van der Waals surface area contributed by atoms with E-state index in [-0.39, 0.29) is 5.97 Å². The van der Waals surface area contributed by atoms with Crippen LogP contribution in [0.5, 0.6) is 0 Å². The van der Waals surface area contributed by atoms with Gasteiger partial charge in [-0.3, -0.25) is 9.69 Å². The highest BCUT2D eigenvalue weighted by atomic mass is 16.5. The van der Waals surface area contributed by atoms with Crippen LogP contribution >= 0.6 is 0 Å². The van der Waals surface area contributed by atoms with Gasteiger partial charge in [0.1, 0.15) is 0 Å². The van der Waals surface area contributed by atoms with E-state index < -0.39 is 0 Å². The number of esters is 1. The summed E-state index contributed by atoms with van der Waals surface area (Å²) >= 11 is 0. The molecule has 19 heavy (non-hydrogen) atoms. The first-order valence-corrected chi connectivity index (χ1v) is 8.03. The van der Waals surface area contributed by atoms with E-state index in [1.165, 1.54) is 38.5 Å². The highest BCUT2D eigenvalue weighted by Crippen LogP contribution is 2.33. The molecule has 3 heteroatoms. The smallest absolute Gasteiger partial charge is 0.320 e. The lowest BCUT2D eigenvalue weighted by molar-refractivity contribution is -0.147. The predicted molar refractivity (Wildman–Crippen MR) is 76.9 cm³/mol. The minimum Gasteiger partial charge on any atom is -0.464 e. The van der Waals surface area contributed by atoms with E-state index in [9.17, 15) is 4.79 Å². The van der Waals surface area contributed by atoms with Gasteiger partial charge in [0.05, 0.1) is 13.2 Å². The Hall–Kier alpha value is -0.570. The fourth-order valence-electron chi connectivity index (χ4n) is 3.52. The van der Waals surface area contributed by atoms with E-state index >= 15 is 0 Å². The van der Waals surface area contributed by atoms with Gasteiger partial charge in [0.15, 0.2) is 0 Å². The van der Waals surface area contributed by atoms with Crippen molar-refractivity contribution in [1.82, 2.24) is 4.90 Å². The molecule has 0 unspecified atom stereocenters. The van der Waals surface area contributed by atoms with Crippen LogP contribution in [0.15, 0.2) is 0 Å². The molecule has 110 valence electrons. The van der Waals surface area contributed by atoms with E-state index in [0.717, 1.165) is 19.0 Å². The SMILES string of the molecule is C[C@H]1CC[C@@H](COC(=O)CN2CCCCC2)[C@H](C)C1. The summed E-state index contributed by atoms with van der Waals surface area (Å²) in [6.07, 6.45) is 7.56. The Kier molecular flexibility index (Phi) is 5.68. The van der Waals surface area contributed by atoms with Crippen molar-refractivity contribution in [3.05, 3.63) is 0 Å². The van der Waals surface area contributed by atoms with Gasteiger partial charge in [-0.25, -0.2) is 0 Å². The lowest BCUT2D eigenvalue weighted by atomic mass is 9.76. The number of carbonyl (C=O) groups excluding carboxylic acids is 1. The highest BCUT2D eigenvalue weighted by molar-refractivity contribution is 5.71. The summed E-state index contributed by atoms with van der Waals surface area (Å²) < 4.78 is 5.51. The van der Waals surface area contributed by atoms with Crippen LogP contribution < -0.4 is 0 Å². The van der Waals surface area contributed by atoms with Gasteiger partial charge in [0.25, 0.3) is 0 Å². The number of likely N-dealkylation sites (tertiary alicyclic amines) is 1. The minimum atomic E-state index is -0.0206. The molecule has 0 amide bonds. The first-order chi connectivity index (χ1) is 9.15. The Balaban J connectivity index is 1.65. The number of nitrogens with zero attached hydrogens (tertiary/aromatic N) is 1. The van der Waals surface area contributed by atoms with Crippen LogP contribution in [0.4, 0.5) is 0 Å². The fourth-order valence-corrected chi connectivity index (χ4v) is 3.52. The van der Waals surface area contributed by atoms with Crippen molar-refractivity contribution in [2.24, 2.45) is 17.8 Å². The van der Waals surface area contributed by atoms with Crippen molar-refractivity contribution >= 4 is 5.97 Å². The number of hydrogen-bond donors (Lipinski definition) is 0. The normalized spacial score (nSPS) is 33.1. The Labute approximate surface area is 117 Å². The predicted octanol–water partition coefficient (Wildman–Crippen LogP) is 3.09. The molecular formula is C16H29NO2. The second kappa shape index (κ2) is 7.28. The molecule has 2 fully saturated rings. The Bertz CT molecular complexity index is 286. The number of rotatable bonds is 4. The monoisotopic (exact) mass is 267 g/mol. The maximum Gasteiger partial charge on any atom is 0.320 e. The van der Waals surface area contributed by atoms with Crippen LogP contribution in [0.25, 0.3) is 0 Å². The number of hydrogen-bond acceptors (Lipinski definition) is 3. The molecule has 0 radical (unpaired) electrons. The maximum absolute atomic E-state index is 11.9. The molecule has 2 rings (SSSR count). The molecule has 1 aliphatic heterocycles. The Morgan fingerprint density at radius 3 is 2.58 bits per heavy atom. The minimum absolute atomic E-state index is 0.0206. The topological polar surface area (TPSA) is 29.5 Å². The molecule has 1 saturated carbocycles. The average molecular weight is 267 g/mol. The van der Waals surface area contributed by atoms with E-state index in [2.05, 4.69) is 18.7 Å². The molecule has 0 aromatic rings. The lowest BCUT2D eigenvalue weighted by Crippen LogP contribution is -2.36. The van der Waals surface area contributed by atoms with E-state index in [1.54, 1.807) is 0 Å².